The van der Waals surface area contributed by atoms with Gasteiger partial charge in [0, 0.05) is 18.2 Å². The Hall–Kier alpha value is -3.40. The highest BCUT2D eigenvalue weighted by Crippen LogP contribution is 2.44. The van der Waals surface area contributed by atoms with Crippen molar-refractivity contribution in [1.29, 1.82) is 0 Å². The number of benzene rings is 2. The van der Waals surface area contributed by atoms with Crippen molar-refractivity contribution in [2.45, 2.75) is 38.3 Å². The van der Waals surface area contributed by atoms with Gasteiger partial charge < -0.3 is 20.5 Å². The fraction of sp³-hybridized carbons (Fsp3) is 0.400. The van der Waals surface area contributed by atoms with Crippen molar-refractivity contribution < 1.29 is 32.6 Å². The fourth-order valence-electron chi connectivity index (χ4n) is 4.05. The summed E-state index contributed by atoms with van der Waals surface area (Å²) < 4.78 is 28.8. The molecule has 2 amide bonds. The van der Waals surface area contributed by atoms with E-state index in [0.29, 0.717) is 0 Å². The smallest absolute Gasteiger partial charge is 0.407 e. The summed E-state index contributed by atoms with van der Waals surface area (Å²) >= 11 is 0. The number of rotatable bonds is 10. The average molecular weight is 503 g/mol. The summed E-state index contributed by atoms with van der Waals surface area (Å²) in [5.74, 6) is -3.15. The minimum absolute atomic E-state index is 0.0345. The van der Waals surface area contributed by atoms with Gasteiger partial charge in [0.25, 0.3) is 0 Å². The number of amides is 2. The SMILES string of the molecule is CC(NC(=O)C(CCS(C)(=O)=O)NC(=O)OCC1c2ccccc2-c2ccccc21)C(C)C(=O)O. The summed E-state index contributed by atoms with van der Waals surface area (Å²) in [6.45, 7) is 3.00. The Balaban J connectivity index is 1.68. The Kier molecular flexibility index (Phi) is 8.16. The van der Waals surface area contributed by atoms with Crippen LogP contribution in [0, 0.1) is 5.92 Å². The van der Waals surface area contributed by atoms with Crippen molar-refractivity contribution in [1.82, 2.24) is 10.6 Å². The van der Waals surface area contributed by atoms with Crippen LogP contribution in [0.25, 0.3) is 11.1 Å². The molecule has 0 aliphatic heterocycles. The first-order chi connectivity index (χ1) is 16.5. The number of aliphatic carboxylic acids is 1. The molecular formula is C25H30N2O7S. The largest absolute Gasteiger partial charge is 0.481 e. The van der Waals surface area contributed by atoms with Gasteiger partial charge in [0.2, 0.25) is 5.91 Å². The molecule has 0 fully saturated rings. The molecule has 10 heteroatoms. The van der Waals surface area contributed by atoms with E-state index in [0.717, 1.165) is 28.5 Å². The van der Waals surface area contributed by atoms with Gasteiger partial charge in [-0.1, -0.05) is 48.5 Å². The quantitative estimate of drug-likeness (QED) is 0.454. The Morgan fingerprint density at radius 1 is 0.971 bits per heavy atom. The highest BCUT2D eigenvalue weighted by Gasteiger charge is 2.31. The van der Waals surface area contributed by atoms with Crippen LogP contribution < -0.4 is 10.6 Å². The average Bonchev–Trinajstić information content (AvgIpc) is 3.12. The van der Waals surface area contributed by atoms with Crippen LogP contribution in [0.5, 0.6) is 0 Å². The summed E-state index contributed by atoms with van der Waals surface area (Å²) in [5.41, 5.74) is 4.21. The molecule has 0 saturated carbocycles. The third-order valence-corrected chi connectivity index (χ3v) is 7.22. The number of carbonyl (C=O) groups is 3. The molecule has 0 spiro atoms. The van der Waals surface area contributed by atoms with Crippen molar-refractivity contribution in [2.75, 3.05) is 18.6 Å². The molecule has 0 saturated heterocycles. The molecule has 0 radical (unpaired) electrons. The van der Waals surface area contributed by atoms with Crippen molar-refractivity contribution in [3.8, 4) is 11.1 Å². The van der Waals surface area contributed by atoms with Gasteiger partial charge in [-0.3, -0.25) is 9.59 Å². The summed E-state index contributed by atoms with van der Waals surface area (Å²) in [6, 6.07) is 13.8. The minimum atomic E-state index is -3.41. The molecule has 3 rings (SSSR count). The van der Waals surface area contributed by atoms with Crippen LogP contribution in [-0.4, -0.2) is 62.2 Å². The van der Waals surface area contributed by atoms with Gasteiger partial charge in [0.05, 0.1) is 11.7 Å². The van der Waals surface area contributed by atoms with E-state index in [1.807, 2.05) is 48.5 Å². The first-order valence-corrected chi connectivity index (χ1v) is 13.4. The Morgan fingerprint density at radius 2 is 1.51 bits per heavy atom. The monoisotopic (exact) mass is 502 g/mol. The molecule has 3 unspecified atom stereocenters. The minimum Gasteiger partial charge on any atom is -0.481 e. The predicted octanol–water partition coefficient (Wildman–Crippen LogP) is 2.55. The van der Waals surface area contributed by atoms with Crippen molar-refractivity contribution in [3.05, 3.63) is 59.7 Å². The number of alkyl carbamates (subject to hydrolysis) is 1. The van der Waals surface area contributed by atoms with Crippen LogP contribution in [-0.2, 0) is 24.2 Å². The third-order valence-electron chi connectivity index (χ3n) is 6.24. The molecule has 1 aliphatic carbocycles. The second-order valence-corrected chi connectivity index (χ2v) is 11.1. The molecule has 2 aromatic carbocycles. The van der Waals surface area contributed by atoms with Crippen LogP contribution in [0.3, 0.4) is 0 Å². The van der Waals surface area contributed by atoms with E-state index in [-0.39, 0.29) is 24.7 Å². The van der Waals surface area contributed by atoms with Gasteiger partial charge in [-0.15, -0.1) is 0 Å². The molecule has 3 N–H and O–H groups in total. The summed E-state index contributed by atoms with van der Waals surface area (Å²) in [7, 11) is -3.41. The Labute approximate surface area is 204 Å². The van der Waals surface area contributed by atoms with Crippen molar-refractivity contribution in [2.24, 2.45) is 5.92 Å². The van der Waals surface area contributed by atoms with Crippen LogP contribution in [0.4, 0.5) is 4.79 Å². The first-order valence-electron chi connectivity index (χ1n) is 11.3. The first kappa shape index (κ1) is 26.2. The summed E-state index contributed by atoms with van der Waals surface area (Å²) in [6.07, 6.45) is -0.00703. The van der Waals surface area contributed by atoms with E-state index < -0.39 is 45.8 Å². The zero-order valence-electron chi connectivity index (χ0n) is 19.9. The third kappa shape index (κ3) is 6.60. The van der Waals surface area contributed by atoms with Gasteiger partial charge in [-0.05, 0) is 42.5 Å². The molecule has 9 nitrogen and oxygen atoms in total. The van der Waals surface area contributed by atoms with Gasteiger partial charge in [-0.25, -0.2) is 13.2 Å². The van der Waals surface area contributed by atoms with Crippen LogP contribution >= 0.6 is 0 Å². The molecule has 0 heterocycles. The molecule has 2 aromatic rings. The van der Waals surface area contributed by atoms with Gasteiger partial charge in [0.1, 0.15) is 22.5 Å². The number of fused-ring (bicyclic) bond motifs is 3. The summed E-state index contributed by atoms with van der Waals surface area (Å²) in [4.78, 5) is 36.6. The molecule has 0 bridgehead atoms. The van der Waals surface area contributed by atoms with Gasteiger partial charge in [0.15, 0.2) is 0 Å². The highest BCUT2D eigenvalue weighted by atomic mass is 32.2. The Bertz CT molecular complexity index is 1170. The van der Waals surface area contributed by atoms with Crippen LogP contribution in [0.1, 0.15) is 37.3 Å². The van der Waals surface area contributed by atoms with Crippen molar-refractivity contribution >= 4 is 27.8 Å². The van der Waals surface area contributed by atoms with Gasteiger partial charge in [-0.2, -0.15) is 0 Å². The standard InChI is InChI=1S/C25H30N2O7S/c1-15(24(29)30)16(2)26-23(28)22(12-13-35(3,32)33)27-25(31)34-14-21-19-10-6-4-8-17(19)18-9-5-7-11-20(18)21/h4-11,15-16,21-22H,12-14H2,1-3H3,(H,26,28)(H,27,31)(H,29,30). The van der Waals surface area contributed by atoms with E-state index in [4.69, 9.17) is 9.84 Å². The molecule has 1 aliphatic rings. The normalized spacial score (nSPS) is 15.3. The number of hydrogen-bond donors (Lipinski definition) is 3. The molecule has 0 aromatic heterocycles. The number of carbonyl (C=O) groups excluding carboxylic acids is 2. The van der Waals surface area contributed by atoms with Crippen molar-refractivity contribution in [3.63, 3.8) is 0 Å². The van der Waals surface area contributed by atoms with E-state index in [2.05, 4.69) is 10.6 Å². The fourth-order valence-corrected chi connectivity index (χ4v) is 4.71. The lowest BCUT2D eigenvalue weighted by Gasteiger charge is -2.23. The lowest BCUT2D eigenvalue weighted by Crippen LogP contribution is -2.51. The zero-order chi connectivity index (χ0) is 25.8. The molecule has 35 heavy (non-hydrogen) atoms. The summed E-state index contributed by atoms with van der Waals surface area (Å²) in [5, 5.41) is 14.1. The molecular weight excluding hydrogens is 472 g/mol. The second-order valence-electron chi connectivity index (χ2n) is 8.87. The maximum absolute atomic E-state index is 12.8. The number of carboxylic acid groups (broad SMARTS) is 1. The van der Waals surface area contributed by atoms with E-state index in [9.17, 15) is 22.8 Å². The topological polar surface area (TPSA) is 139 Å². The van der Waals surface area contributed by atoms with E-state index >= 15 is 0 Å². The van der Waals surface area contributed by atoms with Gasteiger partial charge >= 0.3 is 12.1 Å². The van der Waals surface area contributed by atoms with Crippen LogP contribution in [0.2, 0.25) is 0 Å². The molecule has 3 atom stereocenters. The molecule has 188 valence electrons. The lowest BCUT2D eigenvalue weighted by molar-refractivity contribution is -0.142. The number of ether oxygens (including phenoxy) is 1. The van der Waals surface area contributed by atoms with Crippen LogP contribution in [0.15, 0.2) is 48.5 Å². The maximum Gasteiger partial charge on any atom is 0.407 e. The number of sulfone groups is 1. The highest BCUT2D eigenvalue weighted by molar-refractivity contribution is 7.90. The number of hydrogen-bond acceptors (Lipinski definition) is 6. The number of nitrogens with one attached hydrogen (secondary N) is 2. The maximum atomic E-state index is 12.8. The van der Waals surface area contributed by atoms with E-state index in [1.165, 1.54) is 13.8 Å². The Morgan fingerprint density at radius 3 is 2.03 bits per heavy atom. The lowest BCUT2D eigenvalue weighted by atomic mass is 9.98. The second kappa shape index (κ2) is 10.9. The zero-order valence-corrected chi connectivity index (χ0v) is 20.7. The number of carboxylic acids is 1. The van der Waals surface area contributed by atoms with E-state index in [1.54, 1.807) is 0 Å². The predicted molar refractivity (Wildman–Crippen MR) is 131 cm³/mol.